The summed E-state index contributed by atoms with van der Waals surface area (Å²) >= 11 is 0. The Bertz CT molecular complexity index is 869. The first kappa shape index (κ1) is 17.8. The lowest BCUT2D eigenvalue weighted by atomic mass is 10.2. The van der Waals surface area contributed by atoms with Crippen molar-refractivity contribution in [3.8, 4) is 5.75 Å². The summed E-state index contributed by atoms with van der Waals surface area (Å²) in [6.45, 7) is -3.13. The summed E-state index contributed by atoms with van der Waals surface area (Å²) in [5.74, 6) is -2.18. The van der Waals surface area contributed by atoms with Gasteiger partial charge in [-0.05, 0) is 30.3 Å². The molecule has 5 nitrogen and oxygen atoms in total. The monoisotopic (exact) mass is 359 g/mol. The van der Waals surface area contributed by atoms with Crippen LogP contribution < -0.4 is 10.1 Å². The van der Waals surface area contributed by atoms with Crippen LogP contribution in [-0.4, -0.2) is 27.2 Å². The van der Waals surface area contributed by atoms with Gasteiger partial charge >= 0.3 is 6.61 Å². The van der Waals surface area contributed by atoms with E-state index >= 15 is 0 Å². The van der Waals surface area contributed by atoms with E-state index in [1.807, 2.05) is 0 Å². The normalized spacial score (nSPS) is 11.4. The van der Waals surface area contributed by atoms with Crippen molar-refractivity contribution < 1.29 is 31.1 Å². The van der Waals surface area contributed by atoms with Gasteiger partial charge in [-0.3, -0.25) is 4.79 Å². The highest BCUT2D eigenvalue weighted by atomic mass is 32.2. The number of amides is 1. The van der Waals surface area contributed by atoms with Crippen molar-refractivity contribution in [1.29, 1.82) is 0 Å². The average Bonchev–Trinajstić information content (AvgIpc) is 2.48. The molecule has 0 spiro atoms. The Morgan fingerprint density at radius 2 is 1.83 bits per heavy atom. The molecule has 128 valence electrons. The number of nitrogens with one attached hydrogen (secondary N) is 1. The Morgan fingerprint density at radius 3 is 2.46 bits per heavy atom. The lowest BCUT2D eigenvalue weighted by Gasteiger charge is -2.12. The minimum absolute atomic E-state index is 0.198. The molecule has 9 heteroatoms. The number of sulfone groups is 1. The van der Waals surface area contributed by atoms with E-state index < -0.39 is 33.9 Å². The fourth-order valence-corrected chi connectivity index (χ4v) is 2.52. The zero-order valence-corrected chi connectivity index (χ0v) is 13.1. The molecule has 0 aliphatic rings. The summed E-state index contributed by atoms with van der Waals surface area (Å²) in [6, 6.07) is 8.05. The molecule has 0 atom stereocenters. The third-order valence-electron chi connectivity index (χ3n) is 2.96. The largest absolute Gasteiger partial charge is 0.434 e. The van der Waals surface area contributed by atoms with E-state index in [0.29, 0.717) is 0 Å². The predicted molar refractivity (Wildman–Crippen MR) is 80.5 cm³/mol. The maximum Gasteiger partial charge on any atom is 0.387 e. The number of carbonyl (C=O) groups is 1. The van der Waals surface area contributed by atoms with Gasteiger partial charge in [0.2, 0.25) is 0 Å². The molecular formula is C15H12F3NO4S. The molecular weight excluding hydrogens is 347 g/mol. The van der Waals surface area contributed by atoms with Crippen molar-refractivity contribution in [2.45, 2.75) is 11.5 Å². The summed E-state index contributed by atoms with van der Waals surface area (Å²) in [7, 11) is -3.61. The molecule has 0 fully saturated rings. The summed E-state index contributed by atoms with van der Waals surface area (Å²) in [6.07, 6.45) is 0.928. The molecule has 0 aromatic heterocycles. The molecule has 24 heavy (non-hydrogen) atoms. The maximum atomic E-state index is 13.8. The third kappa shape index (κ3) is 4.25. The van der Waals surface area contributed by atoms with Crippen LogP contribution in [0, 0.1) is 5.82 Å². The highest BCUT2D eigenvalue weighted by Crippen LogP contribution is 2.24. The van der Waals surface area contributed by atoms with Gasteiger partial charge in [0.25, 0.3) is 5.91 Å². The first-order chi connectivity index (χ1) is 11.2. The summed E-state index contributed by atoms with van der Waals surface area (Å²) in [5, 5.41) is 2.15. The quantitative estimate of drug-likeness (QED) is 0.833. The van der Waals surface area contributed by atoms with Gasteiger partial charge in [-0.25, -0.2) is 12.8 Å². The predicted octanol–water partition coefficient (Wildman–Crippen LogP) is 3.08. The SMILES string of the molecule is CS(=O)(=O)c1ccc(F)c(NC(=O)c2ccccc2OC(F)F)c1. The molecule has 0 aliphatic carbocycles. The summed E-state index contributed by atoms with van der Waals surface area (Å²) in [5.41, 5.74) is -0.642. The van der Waals surface area contributed by atoms with Gasteiger partial charge in [-0.1, -0.05) is 12.1 Å². The number of benzene rings is 2. The van der Waals surface area contributed by atoms with Crippen molar-refractivity contribution in [3.63, 3.8) is 0 Å². The van der Waals surface area contributed by atoms with Crippen LogP contribution in [0.1, 0.15) is 10.4 Å². The van der Waals surface area contributed by atoms with Gasteiger partial charge in [0.15, 0.2) is 9.84 Å². The highest BCUT2D eigenvalue weighted by molar-refractivity contribution is 7.90. The molecule has 0 saturated heterocycles. The zero-order chi connectivity index (χ0) is 17.9. The van der Waals surface area contributed by atoms with E-state index in [1.165, 1.54) is 18.2 Å². The number of ether oxygens (including phenoxy) is 1. The summed E-state index contributed by atoms with van der Waals surface area (Å²) < 4.78 is 65.7. The van der Waals surface area contributed by atoms with Gasteiger partial charge in [0.05, 0.1) is 16.1 Å². The zero-order valence-electron chi connectivity index (χ0n) is 12.3. The molecule has 0 heterocycles. The van der Waals surface area contributed by atoms with Crippen LogP contribution in [-0.2, 0) is 9.84 Å². The smallest absolute Gasteiger partial charge is 0.387 e. The van der Waals surface area contributed by atoms with Crippen LogP contribution in [0.25, 0.3) is 0 Å². The standard InChI is InChI=1S/C15H12F3NO4S/c1-24(21,22)9-6-7-11(16)12(8-9)19-14(20)10-4-2-3-5-13(10)23-15(17)18/h2-8,15H,1H3,(H,19,20). The van der Waals surface area contributed by atoms with Crippen LogP contribution in [0.15, 0.2) is 47.4 Å². The first-order valence-electron chi connectivity index (χ1n) is 6.53. The van der Waals surface area contributed by atoms with E-state index in [1.54, 1.807) is 0 Å². The molecule has 0 unspecified atom stereocenters. The Balaban J connectivity index is 2.34. The molecule has 2 rings (SSSR count). The molecule has 2 aromatic rings. The van der Waals surface area contributed by atoms with Gasteiger partial charge < -0.3 is 10.1 Å². The fraction of sp³-hybridized carbons (Fsp3) is 0.133. The van der Waals surface area contributed by atoms with E-state index in [-0.39, 0.29) is 16.2 Å². The molecule has 0 saturated carbocycles. The number of hydrogen-bond acceptors (Lipinski definition) is 4. The highest BCUT2D eigenvalue weighted by Gasteiger charge is 2.18. The second-order valence-corrected chi connectivity index (χ2v) is 6.76. The second-order valence-electron chi connectivity index (χ2n) is 4.74. The molecule has 1 N–H and O–H groups in total. The van der Waals surface area contributed by atoms with Crippen molar-refractivity contribution in [1.82, 2.24) is 0 Å². The fourth-order valence-electron chi connectivity index (χ4n) is 1.87. The molecule has 0 bridgehead atoms. The number of para-hydroxylation sites is 1. The Morgan fingerprint density at radius 1 is 1.17 bits per heavy atom. The van der Waals surface area contributed by atoms with Crippen molar-refractivity contribution >= 4 is 21.4 Å². The van der Waals surface area contributed by atoms with Gasteiger partial charge in [-0.2, -0.15) is 8.78 Å². The lowest BCUT2D eigenvalue weighted by molar-refractivity contribution is -0.0501. The minimum Gasteiger partial charge on any atom is -0.434 e. The van der Waals surface area contributed by atoms with Gasteiger partial charge in [0, 0.05) is 6.26 Å². The van der Waals surface area contributed by atoms with E-state index in [0.717, 1.165) is 30.5 Å². The Labute approximate surface area is 136 Å². The maximum absolute atomic E-state index is 13.8. The van der Waals surface area contributed by atoms with Crippen LogP contribution >= 0.6 is 0 Å². The first-order valence-corrected chi connectivity index (χ1v) is 8.42. The van der Waals surface area contributed by atoms with Crippen LogP contribution in [0.3, 0.4) is 0 Å². The lowest BCUT2D eigenvalue weighted by Crippen LogP contribution is -2.16. The van der Waals surface area contributed by atoms with E-state index in [2.05, 4.69) is 10.1 Å². The third-order valence-corrected chi connectivity index (χ3v) is 4.07. The van der Waals surface area contributed by atoms with Crippen molar-refractivity contribution in [2.24, 2.45) is 0 Å². The molecule has 2 aromatic carbocycles. The summed E-state index contributed by atoms with van der Waals surface area (Å²) in [4.78, 5) is 12.0. The van der Waals surface area contributed by atoms with Crippen molar-refractivity contribution in [3.05, 3.63) is 53.8 Å². The number of carbonyl (C=O) groups excluding carboxylic acids is 1. The van der Waals surface area contributed by atoms with Crippen molar-refractivity contribution in [2.75, 3.05) is 11.6 Å². The number of rotatable bonds is 5. The second kappa shape index (κ2) is 6.91. The number of alkyl halides is 2. The Hall–Kier alpha value is -2.55. The topological polar surface area (TPSA) is 72.5 Å². The van der Waals surface area contributed by atoms with Gasteiger partial charge in [0.1, 0.15) is 11.6 Å². The van der Waals surface area contributed by atoms with Crippen LogP contribution in [0.2, 0.25) is 0 Å². The van der Waals surface area contributed by atoms with Crippen LogP contribution in [0.5, 0.6) is 5.75 Å². The minimum atomic E-state index is -3.61. The molecule has 0 radical (unpaired) electrons. The van der Waals surface area contributed by atoms with E-state index in [9.17, 15) is 26.4 Å². The molecule has 1 amide bonds. The van der Waals surface area contributed by atoms with Crippen LogP contribution in [0.4, 0.5) is 18.9 Å². The number of halogens is 3. The molecule has 0 aliphatic heterocycles. The average molecular weight is 359 g/mol. The van der Waals surface area contributed by atoms with Gasteiger partial charge in [-0.15, -0.1) is 0 Å². The number of hydrogen-bond donors (Lipinski definition) is 1. The number of anilines is 1. The Kier molecular flexibility index (Phi) is 5.13. The van der Waals surface area contributed by atoms with E-state index in [4.69, 9.17) is 0 Å².